The van der Waals surface area contributed by atoms with Gasteiger partial charge >= 0.3 is 0 Å². The number of para-hydroxylation sites is 1. The van der Waals surface area contributed by atoms with Crippen LogP contribution in [-0.2, 0) is 0 Å². The number of nitrogens with one attached hydrogen (secondary N) is 1. The van der Waals surface area contributed by atoms with E-state index in [-0.39, 0.29) is 5.91 Å². The number of nitrogens with zero attached hydrogens (tertiary/aromatic N) is 1. The van der Waals surface area contributed by atoms with Crippen molar-refractivity contribution >= 4 is 11.6 Å². The minimum atomic E-state index is 0.124. The molecule has 0 heterocycles. The van der Waals surface area contributed by atoms with Gasteiger partial charge in [-0.1, -0.05) is 12.1 Å². The lowest BCUT2D eigenvalue weighted by molar-refractivity contribution is 0.0774. The number of hydrogen-bond donors (Lipinski definition) is 1. The van der Waals surface area contributed by atoms with Crippen LogP contribution in [0.2, 0.25) is 0 Å². The van der Waals surface area contributed by atoms with Crippen molar-refractivity contribution < 1.29 is 4.79 Å². The summed E-state index contributed by atoms with van der Waals surface area (Å²) < 4.78 is 0. The summed E-state index contributed by atoms with van der Waals surface area (Å²) in [5.41, 5.74) is 1.77. The molecule has 0 radical (unpaired) electrons. The molecule has 0 aromatic heterocycles. The molecule has 98 valence electrons. The Hall–Kier alpha value is -1.51. The quantitative estimate of drug-likeness (QED) is 0.837. The molecule has 1 N–H and O–H groups in total. The van der Waals surface area contributed by atoms with Gasteiger partial charge in [0.05, 0.1) is 5.56 Å². The van der Waals surface area contributed by atoms with E-state index in [4.69, 9.17) is 0 Å². The number of hydrogen-bond acceptors (Lipinski definition) is 2. The Kier molecular flexibility index (Phi) is 4.24. The van der Waals surface area contributed by atoms with Gasteiger partial charge in [0.15, 0.2) is 0 Å². The number of amides is 1. The zero-order chi connectivity index (χ0) is 13.0. The molecule has 1 fully saturated rings. The van der Waals surface area contributed by atoms with Gasteiger partial charge in [-0.05, 0) is 44.7 Å². The summed E-state index contributed by atoms with van der Waals surface area (Å²) in [6.07, 6.45) is 2.64. The molecule has 0 bridgehead atoms. The fourth-order valence-electron chi connectivity index (χ4n) is 2.08. The van der Waals surface area contributed by atoms with E-state index in [0.717, 1.165) is 36.8 Å². The van der Waals surface area contributed by atoms with Crippen LogP contribution in [0.5, 0.6) is 0 Å². The van der Waals surface area contributed by atoms with Crippen LogP contribution in [0.4, 0.5) is 5.69 Å². The molecule has 1 aromatic rings. The lowest BCUT2D eigenvalue weighted by Crippen LogP contribution is -2.31. The first kappa shape index (κ1) is 12.9. The Morgan fingerprint density at radius 1 is 1.28 bits per heavy atom. The smallest absolute Gasteiger partial charge is 0.255 e. The first-order valence-electron chi connectivity index (χ1n) is 6.88. The van der Waals surface area contributed by atoms with E-state index in [0.29, 0.717) is 0 Å². The van der Waals surface area contributed by atoms with Crippen LogP contribution in [0.25, 0.3) is 0 Å². The van der Waals surface area contributed by atoms with Crippen molar-refractivity contribution in [1.82, 2.24) is 4.90 Å². The molecule has 0 saturated heterocycles. The summed E-state index contributed by atoms with van der Waals surface area (Å²) in [5, 5.41) is 3.41. The molecule has 3 heteroatoms. The topological polar surface area (TPSA) is 32.3 Å². The fraction of sp³-hybridized carbons (Fsp3) is 0.533. The molecule has 1 saturated carbocycles. The average molecular weight is 246 g/mol. The van der Waals surface area contributed by atoms with Crippen LogP contribution < -0.4 is 5.32 Å². The molecule has 0 spiro atoms. The maximum atomic E-state index is 12.4. The largest absolute Gasteiger partial charge is 0.384 e. The summed E-state index contributed by atoms with van der Waals surface area (Å²) in [7, 11) is 0. The third-order valence-corrected chi connectivity index (χ3v) is 3.49. The first-order valence-corrected chi connectivity index (χ1v) is 6.88. The second-order valence-corrected chi connectivity index (χ2v) is 4.85. The molecule has 1 aliphatic rings. The minimum Gasteiger partial charge on any atom is -0.384 e. The SMILES string of the molecule is CCN(CC)C(=O)c1ccccc1NCC1CC1. The highest BCUT2D eigenvalue weighted by atomic mass is 16.2. The summed E-state index contributed by atoms with van der Waals surface area (Å²) >= 11 is 0. The third kappa shape index (κ3) is 3.03. The van der Waals surface area contributed by atoms with E-state index in [2.05, 4.69) is 5.32 Å². The Bertz CT molecular complexity index is 409. The molecule has 1 aromatic carbocycles. The van der Waals surface area contributed by atoms with Gasteiger partial charge in [-0.3, -0.25) is 4.79 Å². The van der Waals surface area contributed by atoms with Crippen molar-refractivity contribution in [2.24, 2.45) is 5.92 Å². The fourth-order valence-corrected chi connectivity index (χ4v) is 2.08. The highest BCUT2D eigenvalue weighted by Gasteiger charge is 2.22. The van der Waals surface area contributed by atoms with Crippen LogP contribution >= 0.6 is 0 Å². The molecule has 18 heavy (non-hydrogen) atoms. The van der Waals surface area contributed by atoms with Gasteiger partial charge in [-0.15, -0.1) is 0 Å². The van der Waals surface area contributed by atoms with Gasteiger partial charge in [0, 0.05) is 25.3 Å². The molecular formula is C15H22N2O. The normalized spacial score (nSPS) is 14.3. The van der Waals surface area contributed by atoms with Crippen molar-refractivity contribution in [3.63, 3.8) is 0 Å². The molecule has 2 rings (SSSR count). The molecular weight excluding hydrogens is 224 g/mol. The van der Waals surface area contributed by atoms with Gasteiger partial charge in [0.2, 0.25) is 0 Å². The Labute approximate surface area is 109 Å². The number of benzene rings is 1. The highest BCUT2D eigenvalue weighted by Crippen LogP contribution is 2.29. The minimum absolute atomic E-state index is 0.124. The Balaban J connectivity index is 2.11. The van der Waals surface area contributed by atoms with Crippen LogP contribution in [0.15, 0.2) is 24.3 Å². The monoisotopic (exact) mass is 246 g/mol. The van der Waals surface area contributed by atoms with Gasteiger partial charge < -0.3 is 10.2 Å². The van der Waals surface area contributed by atoms with Crippen molar-refractivity contribution in [2.75, 3.05) is 25.0 Å². The zero-order valence-electron chi connectivity index (χ0n) is 11.3. The number of anilines is 1. The van der Waals surface area contributed by atoms with Gasteiger partial charge in [-0.25, -0.2) is 0 Å². The predicted octanol–water partition coefficient (Wildman–Crippen LogP) is 2.99. The molecule has 0 unspecified atom stereocenters. The zero-order valence-corrected chi connectivity index (χ0v) is 11.3. The lowest BCUT2D eigenvalue weighted by Gasteiger charge is -2.20. The van der Waals surface area contributed by atoms with Gasteiger partial charge in [0.1, 0.15) is 0 Å². The first-order chi connectivity index (χ1) is 8.76. The van der Waals surface area contributed by atoms with E-state index in [1.807, 2.05) is 43.0 Å². The lowest BCUT2D eigenvalue weighted by atomic mass is 10.1. The molecule has 0 atom stereocenters. The van der Waals surface area contributed by atoms with E-state index in [1.54, 1.807) is 0 Å². The third-order valence-electron chi connectivity index (χ3n) is 3.49. The standard InChI is InChI=1S/C15H22N2O/c1-3-17(4-2)15(18)13-7-5-6-8-14(13)16-11-12-9-10-12/h5-8,12,16H,3-4,9-11H2,1-2H3. The van der Waals surface area contributed by atoms with E-state index >= 15 is 0 Å². The highest BCUT2D eigenvalue weighted by molar-refractivity contribution is 5.99. The molecule has 1 aliphatic carbocycles. The van der Waals surface area contributed by atoms with E-state index in [9.17, 15) is 4.79 Å². The molecule has 1 amide bonds. The summed E-state index contributed by atoms with van der Waals surface area (Å²) in [5.74, 6) is 0.931. The number of carbonyl (C=O) groups is 1. The maximum absolute atomic E-state index is 12.4. The van der Waals surface area contributed by atoms with Gasteiger partial charge in [-0.2, -0.15) is 0 Å². The number of rotatable bonds is 6. The predicted molar refractivity (Wildman–Crippen MR) is 74.9 cm³/mol. The van der Waals surface area contributed by atoms with E-state index in [1.165, 1.54) is 12.8 Å². The second kappa shape index (κ2) is 5.89. The van der Waals surface area contributed by atoms with Crippen LogP contribution in [-0.4, -0.2) is 30.4 Å². The maximum Gasteiger partial charge on any atom is 0.255 e. The van der Waals surface area contributed by atoms with Crippen molar-refractivity contribution in [2.45, 2.75) is 26.7 Å². The number of carbonyl (C=O) groups excluding carboxylic acids is 1. The van der Waals surface area contributed by atoms with Crippen molar-refractivity contribution in [3.8, 4) is 0 Å². The summed E-state index contributed by atoms with van der Waals surface area (Å²) in [6.45, 7) is 6.53. The van der Waals surface area contributed by atoms with Crippen molar-refractivity contribution in [3.05, 3.63) is 29.8 Å². The molecule has 3 nitrogen and oxygen atoms in total. The van der Waals surface area contributed by atoms with Crippen molar-refractivity contribution in [1.29, 1.82) is 0 Å². The van der Waals surface area contributed by atoms with Gasteiger partial charge in [0.25, 0.3) is 5.91 Å². The summed E-state index contributed by atoms with van der Waals surface area (Å²) in [6, 6.07) is 7.82. The summed E-state index contributed by atoms with van der Waals surface area (Å²) in [4.78, 5) is 14.2. The second-order valence-electron chi connectivity index (χ2n) is 4.85. The van der Waals surface area contributed by atoms with Crippen LogP contribution in [0, 0.1) is 5.92 Å². The van der Waals surface area contributed by atoms with Crippen LogP contribution in [0.1, 0.15) is 37.0 Å². The Morgan fingerprint density at radius 2 is 1.94 bits per heavy atom. The van der Waals surface area contributed by atoms with E-state index < -0.39 is 0 Å². The average Bonchev–Trinajstić information content (AvgIpc) is 3.22. The Morgan fingerprint density at radius 3 is 2.56 bits per heavy atom. The van der Waals surface area contributed by atoms with Crippen LogP contribution in [0.3, 0.4) is 0 Å². The molecule has 0 aliphatic heterocycles.